The molecule has 0 saturated carbocycles. The predicted molar refractivity (Wildman–Crippen MR) is 68.7 cm³/mol. The fourth-order valence-corrected chi connectivity index (χ4v) is 2.70. The molecule has 8 heteroatoms. The summed E-state index contributed by atoms with van der Waals surface area (Å²) >= 11 is 3.16. The van der Waals surface area contributed by atoms with Gasteiger partial charge in [0, 0.05) is 11.4 Å². The molecule has 102 valence electrons. The zero-order chi connectivity index (χ0) is 14.4. The summed E-state index contributed by atoms with van der Waals surface area (Å²) in [4.78, 5) is 29.0. The molecule has 1 aromatic heterocycles. The number of aryl methyl sites for hydroxylation is 1. The Kier molecular flexibility index (Phi) is 2.89. The van der Waals surface area contributed by atoms with Crippen molar-refractivity contribution in [3.05, 3.63) is 39.7 Å². The van der Waals surface area contributed by atoms with Crippen LogP contribution in [0.2, 0.25) is 0 Å². The van der Waals surface area contributed by atoms with Crippen LogP contribution < -0.4 is 4.90 Å². The van der Waals surface area contributed by atoms with Crippen LogP contribution in [0.4, 0.5) is 10.1 Å². The van der Waals surface area contributed by atoms with Gasteiger partial charge in [0.25, 0.3) is 11.7 Å². The standard InChI is InChI=1S/C12H7BrFN3O3/c1-5-15-9(16-20-5)4-17-10-7(11(18)12(17)19)2-6(14)3-8(10)13/h2-3H,4H2,1H3. The first-order valence-electron chi connectivity index (χ1n) is 5.62. The average molecular weight is 340 g/mol. The lowest BCUT2D eigenvalue weighted by atomic mass is 10.1. The van der Waals surface area contributed by atoms with Crippen molar-refractivity contribution in [3.63, 3.8) is 0 Å². The maximum Gasteiger partial charge on any atom is 0.299 e. The summed E-state index contributed by atoms with van der Waals surface area (Å²) in [5.41, 5.74) is 0.353. The van der Waals surface area contributed by atoms with Gasteiger partial charge >= 0.3 is 0 Å². The molecule has 0 spiro atoms. The lowest BCUT2D eigenvalue weighted by Crippen LogP contribution is -2.29. The van der Waals surface area contributed by atoms with Crippen LogP contribution in [0.25, 0.3) is 0 Å². The van der Waals surface area contributed by atoms with E-state index in [1.807, 2.05) is 0 Å². The van der Waals surface area contributed by atoms with Gasteiger partial charge in [-0.25, -0.2) is 4.39 Å². The summed E-state index contributed by atoms with van der Waals surface area (Å²) < 4.78 is 18.5. The third-order valence-electron chi connectivity index (χ3n) is 2.85. The summed E-state index contributed by atoms with van der Waals surface area (Å²) in [6.07, 6.45) is 0. The molecule has 0 saturated heterocycles. The van der Waals surface area contributed by atoms with E-state index in [0.717, 1.165) is 6.07 Å². The van der Waals surface area contributed by atoms with E-state index < -0.39 is 17.5 Å². The average Bonchev–Trinajstić information content (AvgIpc) is 2.88. The number of carbonyl (C=O) groups is 2. The van der Waals surface area contributed by atoms with Gasteiger partial charge in [0.15, 0.2) is 5.82 Å². The number of hydrogen-bond donors (Lipinski definition) is 0. The van der Waals surface area contributed by atoms with Gasteiger partial charge in [0.2, 0.25) is 5.89 Å². The molecule has 0 radical (unpaired) electrons. The summed E-state index contributed by atoms with van der Waals surface area (Å²) in [5.74, 6) is -1.45. The van der Waals surface area contributed by atoms with Gasteiger partial charge in [-0.2, -0.15) is 4.98 Å². The van der Waals surface area contributed by atoms with Gasteiger partial charge in [0.1, 0.15) is 5.82 Å². The van der Waals surface area contributed by atoms with E-state index in [4.69, 9.17) is 4.52 Å². The highest BCUT2D eigenvalue weighted by Gasteiger charge is 2.38. The molecule has 0 bridgehead atoms. The Hall–Kier alpha value is -2.09. The van der Waals surface area contributed by atoms with E-state index in [-0.39, 0.29) is 17.9 Å². The summed E-state index contributed by atoms with van der Waals surface area (Å²) in [7, 11) is 0. The molecule has 3 rings (SSSR count). The Balaban J connectivity index is 2.06. The fraction of sp³-hybridized carbons (Fsp3) is 0.167. The highest BCUT2D eigenvalue weighted by Crippen LogP contribution is 2.37. The highest BCUT2D eigenvalue weighted by molar-refractivity contribution is 9.10. The van der Waals surface area contributed by atoms with Gasteiger partial charge < -0.3 is 4.52 Å². The molecule has 1 aliphatic heterocycles. The SMILES string of the molecule is Cc1nc(CN2C(=O)C(=O)c3cc(F)cc(Br)c32)no1. The number of nitrogens with zero attached hydrogens (tertiary/aromatic N) is 3. The van der Waals surface area contributed by atoms with Gasteiger partial charge in [-0.15, -0.1) is 0 Å². The summed E-state index contributed by atoms with van der Waals surface area (Å²) in [6, 6.07) is 2.24. The Bertz CT molecular complexity index is 744. The number of hydrogen-bond acceptors (Lipinski definition) is 5. The first-order valence-corrected chi connectivity index (χ1v) is 6.41. The quantitative estimate of drug-likeness (QED) is 0.782. The van der Waals surface area contributed by atoms with Crippen LogP contribution >= 0.6 is 15.9 Å². The van der Waals surface area contributed by atoms with Crippen molar-refractivity contribution in [2.75, 3.05) is 4.90 Å². The second kappa shape index (κ2) is 4.48. The van der Waals surface area contributed by atoms with Crippen molar-refractivity contribution in [2.24, 2.45) is 0 Å². The van der Waals surface area contributed by atoms with Crippen LogP contribution in [0.1, 0.15) is 22.1 Å². The molecule has 1 aliphatic rings. The van der Waals surface area contributed by atoms with Crippen LogP contribution in [-0.4, -0.2) is 21.8 Å². The number of halogens is 2. The van der Waals surface area contributed by atoms with Crippen molar-refractivity contribution >= 4 is 33.3 Å². The molecular weight excluding hydrogens is 333 g/mol. The highest BCUT2D eigenvalue weighted by atomic mass is 79.9. The van der Waals surface area contributed by atoms with Gasteiger partial charge in [-0.05, 0) is 28.1 Å². The molecule has 0 aliphatic carbocycles. The molecule has 0 N–H and O–H groups in total. The topological polar surface area (TPSA) is 76.3 Å². The zero-order valence-electron chi connectivity index (χ0n) is 10.2. The van der Waals surface area contributed by atoms with Crippen LogP contribution in [0.3, 0.4) is 0 Å². The number of anilines is 1. The Morgan fingerprint density at radius 2 is 2.15 bits per heavy atom. The molecule has 1 aromatic carbocycles. The summed E-state index contributed by atoms with van der Waals surface area (Å²) in [6.45, 7) is 1.60. The third kappa shape index (κ3) is 1.92. The molecule has 1 amide bonds. The van der Waals surface area contributed by atoms with E-state index in [1.54, 1.807) is 6.92 Å². The number of amides is 1. The van der Waals surface area contributed by atoms with Crippen LogP contribution in [-0.2, 0) is 11.3 Å². The van der Waals surface area contributed by atoms with E-state index in [0.29, 0.717) is 16.1 Å². The molecular formula is C12H7BrFN3O3. The summed E-state index contributed by atoms with van der Waals surface area (Å²) in [5, 5.41) is 3.68. The lowest BCUT2D eigenvalue weighted by molar-refractivity contribution is -0.114. The van der Waals surface area contributed by atoms with E-state index in [1.165, 1.54) is 11.0 Å². The van der Waals surface area contributed by atoms with Gasteiger partial charge in [0.05, 0.1) is 17.8 Å². The number of ketones is 1. The Labute approximate surface area is 120 Å². The monoisotopic (exact) mass is 339 g/mol. The first kappa shape index (κ1) is 12.9. The van der Waals surface area contributed by atoms with Crippen molar-refractivity contribution in [1.82, 2.24) is 10.1 Å². The van der Waals surface area contributed by atoms with E-state index in [9.17, 15) is 14.0 Å². The second-order valence-electron chi connectivity index (χ2n) is 4.23. The predicted octanol–water partition coefficient (Wildman–Crippen LogP) is 2.01. The molecule has 0 fully saturated rings. The molecule has 0 unspecified atom stereocenters. The molecule has 2 heterocycles. The van der Waals surface area contributed by atoms with Crippen molar-refractivity contribution in [3.8, 4) is 0 Å². The first-order chi connectivity index (χ1) is 9.47. The Morgan fingerprint density at radius 1 is 1.40 bits per heavy atom. The fourth-order valence-electron chi connectivity index (χ4n) is 2.05. The van der Waals surface area contributed by atoms with Crippen molar-refractivity contribution in [2.45, 2.75) is 13.5 Å². The minimum atomic E-state index is -0.750. The number of carbonyl (C=O) groups excluding carboxylic acids is 2. The molecule has 6 nitrogen and oxygen atoms in total. The second-order valence-corrected chi connectivity index (χ2v) is 5.09. The van der Waals surface area contributed by atoms with Gasteiger partial charge in [-0.3, -0.25) is 14.5 Å². The van der Waals surface area contributed by atoms with Crippen LogP contribution in [0, 0.1) is 12.7 Å². The molecule has 2 aromatic rings. The number of rotatable bonds is 2. The molecule has 20 heavy (non-hydrogen) atoms. The largest absolute Gasteiger partial charge is 0.340 e. The van der Waals surface area contributed by atoms with Crippen molar-refractivity contribution < 1.29 is 18.5 Å². The minimum absolute atomic E-state index is 0.0147. The number of fused-ring (bicyclic) bond motifs is 1. The minimum Gasteiger partial charge on any atom is -0.340 e. The maximum atomic E-state index is 13.3. The van der Waals surface area contributed by atoms with Crippen LogP contribution in [0.5, 0.6) is 0 Å². The smallest absolute Gasteiger partial charge is 0.299 e. The van der Waals surface area contributed by atoms with E-state index in [2.05, 4.69) is 26.1 Å². The number of benzene rings is 1. The van der Waals surface area contributed by atoms with Crippen molar-refractivity contribution in [1.29, 1.82) is 0 Å². The maximum absolute atomic E-state index is 13.3. The van der Waals surface area contributed by atoms with Gasteiger partial charge in [-0.1, -0.05) is 5.16 Å². The number of aromatic nitrogens is 2. The normalized spacial score (nSPS) is 14.1. The molecule has 0 atom stereocenters. The zero-order valence-corrected chi connectivity index (χ0v) is 11.8. The third-order valence-corrected chi connectivity index (χ3v) is 3.46. The van der Waals surface area contributed by atoms with E-state index >= 15 is 0 Å². The Morgan fingerprint density at radius 3 is 2.80 bits per heavy atom. The van der Waals surface area contributed by atoms with Crippen LogP contribution in [0.15, 0.2) is 21.1 Å². The number of Topliss-reactive ketones (excluding diaryl/α,β-unsaturated/α-hetero) is 1. The lowest BCUT2D eigenvalue weighted by Gasteiger charge is -2.15.